The minimum absolute atomic E-state index is 0.00301. The molecule has 1 aliphatic heterocycles. The van der Waals surface area contributed by atoms with Crippen molar-refractivity contribution >= 4 is 29.3 Å². The highest BCUT2D eigenvalue weighted by Gasteiger charge is 2.21. The van der Waals surface area contributed by atoms with Crippen molar-refractivity contribution in [2.75, 3.05) is 25.6 Å². The molecule has 1 N–H and O–H groups in total. The first-order valence-electron chi connectivity index (χ1n) is 7.94. The fourth-order valence-corrected chi connectivity index (χ4v) is 2.50. The Labute approximate surface area is 154 Å². The van der Waals surface area contributed by atoms with Crippen molar-refractivity contribution in [1.29, 1.82) is 0 Å². The number of rotatable bonds is 5. The number of amides is 1. The van der Waals surface area contributed by atoms with Gasteiger partial charge in [0.25, 0.3) is 5.91 Å². The Morgan fingerprint density at radius 1 is 1.07 bits per heavy atom. The molecular weight excluding hydrogens is 354 g/mol. The number of hydrogen-bond donors (Lipinski definition) is 1. The van der Waals surface area contributed by atoms with E-state index >= 15 is 0 Å². The van der Waals surface area contributed by atoms with Crippen LogP contribution in [0.15, 0.2) is 42.5 Å². The molecule has 27 heavy (non-hydrogen) atoms. The molecule has 0 bridgehead atoms. The van der Waals surface area contributed by atoms with Crippen LogP contribution in [-0.2, 0) is 14.3 Å². The molecule has 3 rings (SSSR count). The molecule has 0 aromatic heterocycles. The smallest absolute Gasteiger partial charge is 0.339 e. The van der Waals surface area contributed by atoms with E-state index in [4.69, 9.17) is 9.47 Å². The molecule has 8 heteroatoms. The Balaban J connectivity index is 1.70. The molecule has 0 aliphatic carbocycles. The van der Waals surface area contributed by atoms with Crippen molar-refractivity contribution in [2.24, 2.45) is 0 Å². The van der Waals surface area contributed by atoms with Gasteiger partial charge in [0.15, 0.2) is 19.0 Å². The molecule has 0 saturated carbocycles. The van der Waals surface area contributed by atoms with Gasteiger partial charge in [0.2, 0.25) is 0 Å². The average Bonchev–Trinajstić information content (AvgIpc) is 2.70. The van der Waals surface area contributed by atoms with Gasteiger partial charge in [-0.15, -0.1) is 0 Å². The standard InChI is InChI=1S/C19H15NO7/c1-25-18(23)12-4-2-3-5-13(12)19(24)27-9-15(21)11-6-7-16-14(8-11)20-17(22)10-26-16/h2-8H,9-10H2,1H3,(H,20,22). The monoisotopic (exact) mass is 369 g/mol. The fourth-order valence-electron chi connectivity index (χ4n) is 2.50. The van der Waals surface area contributed by atoms with Crippen molar-refractivity contribution < 1.29 is 33.4 Å². The minimum atomic E-state index is -0.820. The van der Waals surface area contributed by atoms with Gasteiger partial charge in [-0.25, -0.2) is 9.59 Å². The third-order valence-corrected chi connectivity index (χ3v) is 3.82. The predicted molar refractivity (Wildman–Crippen MR) is 93.0 cm³/mol. The maximum Gasteiger partial charge on any atom is 0.339 e. The third kappa shape index (κ3) is 3.95. The highest BCUT2D eigenvalue weighted by Crippen LogP contribution is 2.28. The van der Waals surface area contributed by atoms with Crippen LogP contribution in [0.5, 0.6) is 5.75 Å². The molecule has 1 heterocycles. The van der Waals surface area contributed by atoms with E-state index in [9.17, 15) is 19.2 Å². The second-order valence-corrected chi connectivity index (χ2v) is 5.58. The van der Waals surface area contributed by atoms with E-state index in [-0.39, 0.29) is 29.2 Å². The average molecular weight is 369 g/mol. The lowest BCUT2D eigenvalue weighted by Crippen LogP contribution is -2.25. The number of fused-ring (bicyclic) bond motifs is 1. The highest BCUT2D eigenvalue weighted by molar-refractivity contribution is 6.05. The minimum Gasteiger partial charge on any atom is -0.482 e. The van der Waals surface area contributed by atoms with E-state index in [1.165, 1.54) is 31.4 Å². The summed E-state index contributed by atoms with van der Waals surface area (Å²) in [5, 5.41) is 2.60. The summed E-state index contributed by atoms with van der Waals surface area (Å²) in [6.45, 7) is -0.612. The van der Waals surface area contributed by atoms with Gasteiger partial charge in [0.05, 0.1) is 23.9 Å². The topological polar surface area (TPSA) is 108 Å². The number of carbonyl (C=O) groups is 4. The third-order valence-electron chi connectivity index (χ3n) is 3.82. The van der Waals surface area contributed by atoms with E-state index in [2.05, 4.69) is 10.1 Å². The fraction of sp³-hybridized carbons (Fsp3) is 0.158. The maximum atomic E-state index is 12.3. The first-order valence-corrected chi connectivity index (χ1v) is 7.94. The summed E-state index contributed by atoms with van der Waals surface area (Å²) in [5.74, 6) is -1.84. The van der Waals surface area contributed by atoms with Gasteiger partial charge in [0.1, 0.15) is 5.75 Å². The molecule has 2 aromatic rings. The Bertz CT molecular complexity index is 935. The van der Waals surface area contributed by atoms with Crippen molar-refractivity contribution in [1.82, 2.24) is 0 Å². The maximum absolute atomic E-state index is 12.3. The van der Waals surface area contributed by atoms with Gasteiger partial charge in [-0.05, 0) is 30.3 Å². The molecule has 0 fully saturated rings. The van der Waals surface area contributed by atoms with Crippen LogP contribution < -0.4 is 10.1 Å². The lowest BCUT2D eigenvalue weighted by Gasteiger charge is -2.18. The van der Waals surface area contributed by atoms with Crippen molar-refractivity contribution in [3.05, 3.63) is 59.2 Å². The highest BCUT2D eigenvalue weighted by atomic mass is 16.5. The van der Waals surface area contributed by atoms with Crippen molar-refractivity contribution in [2.45, 2.75) is 0 Å². The van der Waals surface area contributed by atoms with Crippen molar-refractivity contribution in [3.8, 4) is 5.75 Å². The zero-order valence-electron chi connectivity index (χ0n) is 14.3. The van der Waals surface area contributed by atoms with E-state index < -0.39 is 24.3 Å². The number of ketones is 1. The first kappa shape index (κ1) is 18.1. The molecule has 0 radical (unpaired) electrons. The van der Waals surface area contributed by atoms with E-state index in [1.807, 2.05) is 0 Å². The number of anilines is 1. The van der Waals surface area contributed by atoms with Crippen LogP contribution in [0, 0.1) is 0 Å². The number of carbonyl (C=O) groups excluding carboxylic acids is 4. The second kappa shape index (κ2) is 7.69. The van der Waals surface area contributed by atoms with Crippen LogP contribution >= 0.6 is 0 Å². The summed E-state index contributed by atoms with van der Waals surface area (Å²) >= 11 is 0. The molecule has 138 valence electrons. The lowest BCUT2D eigenvalue weighted by molar-refractivity contribution is -0.118. The van der Waals surface area contributed by atoms with Crippen LogP contribution in [0.2, 0.25) is 0 Å². The molecule has 1 aliphatic rings. The first-order chi connectivity index (χ1) is 13.0. The zero-order valence-corrected chi connectivity index (χ0v) is 14.3. The Hall–Kier alpha value is -3.68. The van der Waals surface area contributed by atoms with Gasteiger partial charge in [0, 0.05) is 5.56 Å². The molecule has 2 aromatic carbocycles. The number of benzene rings is 2. The lowest BCUT2D eigenvalue weighted by atomic mass is 10.1. The molecule has 0 unspecified atom stereocenters. The molecule has 8 nitrogen and oxygen atoms in total. The molecular formula is C19H15NO7. The summed E-state index contributed by atoms with van der Waals surface area (Å²) in [4.78, 5) is 47.6. The van der Waals surface area contributed by atoms with Crippen LogP contribution in [0.25, 0.3) is 0 Å². The predicted octanol–water partition coefficient (Wildman–Crippen LogP) is 1.84. The van der Waals surface area contributed by atoms with E-state index in [0.29, 0.717) is 11.4 Å². The molecule has 0 atom stereocenters. The van der Waals surface area contributed by atoms with E-state index in [0.717, 1.165) is 0 Å². The number of ether oxygens (including phenoxy) is 3. The van der Waals surface area contributed by atoms with Gasteiger partial charge < -0.3 is 19.5 Å². The summed E-state index contributed by atoms with van der Waals surface area (Å²) < 4.78 is 14.9. The summed E-state index contributed by atoms with van der Waals surface area (Å²) in [5.41, 5.74) is 0.669. The molecule has 0 spiro atoms. The molecule has 0 saturated heterocycles. The van der Waals surface area contributed by atoms with E-state index in [1.54, 1.807) is 18.2 Å². The zero-order chi connectivity index (χ0) is 19.4. The normalized spacial score (nSPS) is 12.3. The Morgan fingerprint density at radius 2 is 1.78 bits per heavy atom. The Morgan fingerprint density at radius 3 is 2.48 bits per heavy atom. The number of Topliss-reactive ketones (excluding diaryl/α,β-unsaturated/α-hetero) is 1. The van der Waals surface area contributed by atoms with Gasteiger partial charge in [-0.2, -0.15) is 0 Å². The SMILES string of the molecule is COC(=O)c1ccccc1C(=O)OCC(=O)c1ccc2c(c1)NC(=O)CO2. The summed E-state index contributed by atoms with van der Waals surface area (Å²) in [7, 11) is 1.20. The number of hydrogen-bond acceptors (Lipinski definition) is 7. The quantitative estimate of drug-likeness (QED) is 0.633. The van der Waals surface area contributed by atoms with Gasteiger partial charge in [-0.3, -0.25) is 9.59 Å². The van der Waals surface area contributed by atoms with Crippen LogP contribution in [0.3, 0.4) is 0 Å². The van der Waals surface area contributed by atoms with Crippen LogP contribution in [-0.4, -0.2) is 44.0 Å². The summed E-state index contributed by atoms with van der Waals surface area (Å²) in [6.07, 6.45) is 0. The van der Waals surface area contributed by atoms with Crippen molar-refractivity contribution in [3.63, 3.8) is 0 Å². The van der Waals surface area contributed by atoms with Crippen LogP contribution in [0.4, 0.5) is 5.69 Å². The molecule has 1 amide bonds. The Kier molecular flexibility index (Phi) is 5.16. The number of methoxy groups -OCH3 is 1. The number of esters is 2. The second-order valence-electron chi connectivity index (χ2n) is 5.58. The van der Waals surface area contributed by atoms with Gasteiger partial charge in [-0.1, -0.05) is 12.1 Å². The number of nitrogens with one attached hydrogen (secondary N) is 1. The van der Waals surface area contributed by atoms with Gasteiger partial charge >= 0.3 is 11.9 Å². The summed E-state index contributed by atoms with van der Waals surface area (Å²) in [6, 6.07) is 10.5. The largest absolute Gasteiger partial charge is 0.482 e. The van der Waals surface area contributed by atoms with Crippen LogP contribution in [0.1, 0.15) is 31.1 Å².